The molecule has 118 valence electrons. The van der Waals surface area contributed by atoms with E-state index in [-0.39, 0.29) is 0 Å². The van der Waals surface area contributed by atoms with Crippen molar-refractivity contribution in [2.45, 2.75) is 18.7 Å². The van der Waals surface area contributed by atoms with Crippen molar-refractivity contribution in [2.24, 2.45) is 0 Å². The van der Waals surface area contributed by atoms with Crippen molar-refractivity contribution >= 4 is 17.7 Å². The lowest BCUT2D eigenvalue weighted by Gasteiger charge is -2.23. The Hall–Kier alpha value is -1.65. The van der Waals surface area contributed by atoms with E-state index in [1.54, 1.807) is 0 Å². The van der Waals surface area contributed by atoms with Gasteiger partial charge in [-0.05, 0) is 57.3 Å². The molecule has 0 amide bonds. The zero-order valence-electron chi connectivity index (χ0n) is 13.5. The van der Waals surface area contributed by atoms with Crippen LogP contribution in [-0.2, 0) is 0 Å². The third-order valence-electron chi connectivity index (χ3n) is 3.47. The van der Waals surface area contributed by atoms with Gasteiger partial charge in [0.25, 0.3) is 0 Å². The van der Waals surface area contributed by atoms with Gasteiger partial charge in [-0.3, -0.25) is 0 Å². The number of nitrogens with zero attached hydrogens (tertiary/aromatic N) is 1. The fourth-order valence-corrected chi connectivity index (χ4v) is 2.67. The molecule has 0 unspecified atom stereocenters. The van der Waals surface area contributed by atoms with Crippen LogP contribution in [0.25, 0.3) is 0 Å². The van der Waals surface area contributed by atoms with E-state index >= 15 is 0 Å². The second-order valence-corrected chi connectivity index (χ2v) is 5.96. The number of nitrogens with one attached hydrogen (secondary N) is 1. The molecular formula is C18H24N2OS. The van der Waals surface area contributed by atoms with Crippen LogP contribution in [0, 0.1) is 6.92 Å². The number of likely N-dealkylation sites (N-methyl/N-ethyl adjacent to an activating group) is 2. The van der Waals surface area contributed by atoms with Crippen molar-refractivity contribution in [3.8, 4) is 5.75 Å². The van der Waals surface area contributed by atoms with Crippen LogP contribution in [0.15, 0.2) is 53.4 Å². The van der Waals surface area contributed by atoms with Crippen LogP contribution in [-0.4, -0.2) is 26.7 Å². The normalized spacial score (nSPS) is 10.5. The lowest BCUT2D eigenvalue weighted by Crippen LogP contribution is -2.30. The molecule has 0 fully saturated rings. The van der Waals surface area contributed by atoms with Crippen LogP contribution < -0.4 is 14.4 Å². The molecule has 3 nitrogen and oxygen atoms in total. The predicted molar refractivity (Wildman–Crippen MR) is 95.9 cm³/mol. The molecule has 0 saturated heterocycles. The Labute approximate surface area is 137 Å². The molecule has 2 aromatic carbocycles. The molecule has 0 bridgehead atoms. The average molecular weight is 316 g/mol. The van der Waals surface area contributed by atoms with Gasteiger partial charge in [-0.2, -0.15) is 0 Å². The van der Waals surface area contributed by atoms with E-state index in [4.69, 9.17) is 4.18 Å². The number of benzene rings is 2. The molecule has 0 aliphatic heterocycles. The molecule has 0 atom stereocenters. The first-order valence-electron chi connectivity index (χ1n) is 7.63. The minimum absolute atomic E-state index is 0.874. The fraction of sp³-hybridized carbons (Fsp3) is 0.333. The molecule has 0 aromatic heterocycles. The molecule has 0 aliphatic carbocycles. The molecule has 0 spiro atoms. The minimum atomic E-state index is 0.874. The van der Waals surface area contributed by atoms with E-state index in [0.717, 1.165) is 30.3 Å². The molecule has 2 rings (SSSR count). The second-order valence-electron chi connectivity index (χ2n) is 5.16. The summed E-state index contributed by atoms with van der Waals surface area (Å²) in [6.07, 6.45) is 0. The van der Waals surface area contributed by atoms with Crippen molar-refractivity contribution in [3.05, 3.63) is 54.1 Å². The molecule has 0 radical (unpaired) electrons. The van der Waals surface area contributed by atoms with Gasteiger partial charge in [0.15, 0.2) is 0 Å². The highest BCUT2D eigenvalue weighted by molar-refractivity contribution is 7.95. The summed E-state index contributed by atoms with van der Waals surface area (Å²) in [5, 5.41) is 3.19. The standard InChI is InChI=1S/C18H24N2OS/c1-4-20(14-13-19-3)16-7-9-17(10-8-16)21-22-18-11-5-15(2)6-12-18/h5-12,19H,4,13-14H2,1-3H3. The molecule has 0 saturated carbocycles. The summed E-state index contributed by atoms with van der Waals surface area (Å²) >= 11 is 1.39. The Kier molecular flexibility index (Phi) is 6.62. The second kappa shape index (κ2) is 8.71. The van der Waals surface area contributed by atoms with E-state index in [0.29, 0.717) is 0 Å². The summed E-state index contributed by atoms with van der Waals surface area (Å²) < 4.78 is 5.77. The highest BCUT2D eigenvalue weighted by Gasteiger charge is 2.04. The first-order chi connectivity index (χ1) is 10.7. The molecule has 0 heterocycles. The average Bonchev–Trinajstić information content (AvgIpc) is 2.56. The lowest BCUT2D eigenvalue weighted by atomic mass is 10.2. The van der Waals surface area contributed by atoms with E-state index in [2.05, 4.69) is 60.5 Å². The Morgan fingerprint density at radius 3 is 2.32 bits per heavy atom. The molecular weight excluding hydrogens is 292 g/mol. The van der Waals surface area contributed by atoms with Crippen LogP contribution in [0.4, 0.5) is 5.69 Å². The van der Waals surface area contributed by atoms with Gasteiger partial charge in [0.1, 0.15) is 5.75 Å². The van der Waals surface area contributed by atoms with Crippen molar-refractivity contribution in [3.63, 3.8) is 0 Å². The van der Waals surface area contributed by atoms with Gasteiger partial charge in [-0.25, -0.2) is 0 Å². The maximum atomic E-state index is 5.77. The van der Waals surface area contributed by atoms with Gasteiger partial charge in [-0.1, -0.05) is 17.7 Å². The van der Waals surface area contributed by atoms with Gasteiger partial charge in [0.2, 0.25) is 0 Å². The Balaban J connectivity index is 1.92. The Bertz CT molecular complexity index is 554. The summed E-state index contributed by atoms with van der Waals surface area (Å²) in [6.45, 7) is 7.25. The van der Waals surface area contributed by atoms with Gasteiger partial charge in [-0.15, -0.1) is 0 Å². The first-order valence-corrected chi connectivity index (χ1v) is 8.38. The monoisotopic (exact) mass is 316 g/mol. The quantitative estimate of drug-likeness (QED) is 0.740. The van der Waals surface area contributed by atoms with Crippen molar-refractivity contribution < 1.29 is 4.18 Å². The molecule has 22 heavy (non-hydrogen) atoms. The van der Waals surface area contributed by atoms with Crippen LogP contribution in [0.1, 0.15) is 12.5 Å². The largest absolute Gasteiger partial charge is 0.421 e. The van der Waals surface area contributed by atoms with Crippen LogP contribution in [0.5, 0.6) is 5.75 Å². The predicted octanol–water partition coefficient (Wildman–Crippen LogP) is 4.13. The summed E-state index contributed by atoms with van der Waals surface area (Å²) in [6, 6.07) is 16.6. The van der Waals surface area contributed by atoms with Crippen LogP contribution in [0.2, 0.25) is 0 Å². The first kappa shape index (κ1) is 16.7. The third-order valence-corrected chi connectivity index (χ3v) is 4.21. The van der Waals surface area contributed by atoms with Crippen molar-refractivity contribution in [1.29, 1.82) is 0 Å². The van der Waals surface area contributed by atoms with Gasteiger partial charge >= 0.3 is 0 Å². The molecule has 0 aliphatic rings. The smallest absolute Gasteiger partial charge is 0.138 e. The number of hydrogen-bond donors (Lipinski definition) is 1. The van der Waals surface area contributed by atoms with E-state index in [9.17, 15) is 0 Å². The minimum Gasteiger partial charge on any atom is -0.421 e. The lowest BCUT2D eigenvalue weighted by molar-refractivity contribution is 0.645. The number of aryl methyl sites for hydroxylation is 1. The topological polar surface area (TPSA) is 24.5 Å². The SMILES string of the molecule is CCN(CCNC)c1ccc(OSc2ccc(C)cc2)cc1. The zero-order valence-corrected chi connectivity index (χ0v) is 14.3. The number of anilines is 1. The highest BCUT2D eigenvalue weighted by Crippen LogP contribution is 2.26. The Morgan fingerprint density at radius 2 is 1.73 bits per heavy atom. The van der Waals surface area contributed by atoms with E-state index in [1.807, 2.05) is 19.2 Å². The highest BCUT2D eigenvalue weighted by atomic mass is 32.2. The summed E-state index contributed by atoms with van der Waals surface area (Å²) in [4.78, 5) is 3.45. The summed E-state index contributed by atoms with van der Waals surface area (Å²) in [7, 11) is 1.98. The van der Waals surface area contributed by atoms with Crippen molar-refractivity contribution in [2.75, 3.05) is 31.6 Å². The zero-order chi connectivity index (χ0) is 15.8. The van der Waals surface area contributed by atoms with Gasteiger partial charge in [0, 0.05) is 30.2 Å². The van der Waals surface area contributed by atoms with Gasteiger partial charge < -0.3 is 14.4 Å². The van der Waals surface area contributed by atoms with Crippen LogP contribution >= 0.6 is 12.0 Å². The maximum absolute atomic E-state index is 5.77. The number of rotatable bonds is 8. The molecule has 4 heteroatoms. The summed E-state index contributed by atoms with van der Waals surface area (Å²) in [5.41, 5.74) is 2.49. The van der Waals surface area contributed by atoms with Crippen LogP contribution in [0.3, 0.4) is 0 Å². The summed E-state index contributed by atoms with van der Waals surface area (Å²) in [5.74, 6) is 0.874. The molecule has 2 aromatic rings. The Morgan fingerprint density at radius 1 is 1.05 bits per heavy atom. The third kappa shape index (κ3) is 4.97. The fourth-order valence-electron chi connectivity index (χ4n) is 2.12. The van der Waals surface area contributed by atoms with E-state index < -0.39 is 0 Å². The van der Waals surface area contributed by atoms with E-state index in [1.165, 1.54) is 23.3 Å². The maximum Gasteiger partial charge on any atom is 0.138 e. The van der Waals surface area contributed by atoms with Crippen molar-refractivity contribution in [1.82, 2.24) is 5.32 Å². The molecule has 1 N–H and O–H groups in total. The number of hydrogen-bond acceptors (Lipinski definition) is 4. The van der Waals surface area contributed by atoms with Gasteiger partial charge in [0.05, 0.1) is 12.0 Å².